The van der Waals surface area contributed by atoms with Gasteiger partial charge in [0.15, 0.2) is 5.96 Å². The first-order valence-electron chi connectivity index (χ1n) is 9.78. The van der Waals surface area contributed by atoms with Crippen molar-refractivity contribution in [3.05, 3.63) is 51.5 Å². The van der Waals surface area contributed by atoms with Crippen molar-refractivity contribution in [2.45, 2.75) is 39.6 Å². The van der Waals surface area contributed by atoms with Gasteiger partial charge in [0.1, 0.15) is 0 Å². The maximum absolute atomic E-state index is 5.64. The van der Waals surface area contributed by atoms with Gasteiger partial charge in [0, 0.05) is 45.7 Å². The van der Waals surface area contributed by atoms with E-state index >= 15 is 0 Å². The number of guanidine groups is 1. The van der Waals surface area contributed by atoms with Crippen LogP contribution in [0.2, 0.25) is 0 Å². The summed E-state index contributed by atoms with van der Waals surface area (Å²) in [6.45, 7) is 9.46. The zero-order valence-corrected chi connectivity index (χ0v) is 18.1. The lowest BCUT2D eigenvalue weighted by atomic mass is 10.1. The minimum atomic E-state index is 0.318. The van der Waals surface area contributed by atoms with Crippen LogP contribution in [0.1, 0.15) is 28.8 Å². The van der Waals surface area contributed by atoms with Crippen LogP contribution < -0.4 is 5.32 Å². The molecule has 1 N–H and O–H groups in total. The van der Waals surface area contributed by atoms with Crippen molar-refractivity contribution >= 4 is 17.3 Å². The molecule has 1 aliphatic heterocycles. The van der Waals surface area contributed by atoms with Crippen LogP contribution >= 0.6 is 11.3 Å². The number of morpholine rings is 1. The van der Waals surface area contributed by atoms with Crippen molar-refractivity contribution < 1.29 is 4.74 Å². The van der Waals surface area contributed by atoms with Crippen LogP contribution in [-0.4, -0.2) is 60.6 Å². The van der Waals surface area contributed by atoms with E-state index in [1.165, 1.54) is 11.1 Å². The topological polar surface area (TPSA) is 53.0 Å². The number of ether oxygens (including phenoxy) is 1. The lowest BCUT2D eigenvalue weighted by molar-refractivity contribution is -0.0212. The van der Waals surface area contributed by atoms with E-state index in [4.69, 9.17) is 4.74 Å². The Balaban J connectivity index is 1.54. The molecule has 1 atom stereocenters. The maximum atomic E-state index is 5.64. The molecule has 3 rings (SSSR count). The van der Waals surface area contributed by atoms with Gasteiger partial charge in [0.05, 0.1) is 30.0 Å². The van der Waals surface area contributed by atoms with Crippen molar-refractivity contribution in [2.75, 3.05) is 33.8 Å². The molecule has 0 aliphatic carbocycles. The average molecular weight is 402 g/mol. The van der Waals surface area contributed by atoms with Gasteiger partial charge in [0.2, 0.25) is 0 Å². The Morgan fingerprint density at radius 3 is 2.96 bits per heavy atom. The summed E-state index contributed by atoms with van der Waals surface area (Å²) in [5, 5.41) is 6.67. The maximum Gasteiger partial charge on any atom is 0.194 e. The first-order chi connectivity index (χ1) is 13.5. The molecule has 7 heteroatoms. The number of thiazole rings is 1. The van der Waals surface area contributed by atoms with Gasteiger partial charge in [-0.3, -0.25) is 9.89 Å². The van der Waals surface area contributed by atoms with Crippen LogP contribution in [0.4, 0.5) is 0 Å². The fourth-order valence-electron chi connectivity index (χ4n) is 3.49. The summed E-state index contributed by atoms with van der Waals surface area (Å²) < 4.78 is 5.64. The molecule has 0 bridgehead atoms. The molecule has 2 heterocycles. The summed E-state index contributed by atoms with van der Waals surface area (Å²) in [7, 11) is 3.86. The van der Waals surface area contributed by atoms with E-state index < -0.39 is 0 Å². The van der Waals surface area contributed by atoms with Crippen molar-refractivity contribution in [3.8, 4) is 0 Å². The number of hydrogen-bond donors (Lipinski definition) is 1. The third-order valence-electron chi connectivity index (χ3n) is 4.81. The molecule has 1 saturated heterocycles. The lowest BCUT2D eigenvalue weighted by Gasteiger charge is -2.31. The number of aryl methyl sites for hydroxylation is 1. The third-order valence-corrected chi connectivity index (χ3v) is 5.63. The molecule has 0 saturated carbocycles. The molecule has 0 amide bonds. The van der Waals surface area contributed by atoms with Crippen LogP contribution in [-0.2, 0) is 24.4 Å². The summed E-state index contributed by atoms with van der Waals surface area (Å²) in [5.74, 6) is 0.873. The molecule has 1 aliphatic rings. The van der Waals surface area contributed by atoms with Crippen LogP contribution in [0.15, 0.2) is 34.6 Å². The zero-order valence-electron chi connectivity index (χ0n) is 17.3. The van der Waals surface area contributed by atoms with Crippen LogP contribution in [0.5, 0.6) is 0 Å². The molecule has 1 fully saturated rings. The molecule has 1 aromatic carbocycles. The minimum Gasteiger partial charge on any atom is -0.376 e. The number of hydrogen-bond acceptors (Lipinski definition) is 5. The largest absolute Gasteiger partial charge is 0.376 e. The summed E-state index contributed by atoms with van der Waals surface area (Å²) >= 11 is 1.68. The highest BCUT2D eigenvalue weighted by atomic mass is 32.1. The molecular weight excluding hydrogens is 370 g/mol. The smallest absolute Gasteiger partial charge is 0.194 e. The van der Waals surface area contributed by atoms with Crippen LogP contribution in [0, 0.1) is 6.92 Å². The Kier molecular flexibility index (Phi) is 7.42. The van der Waals surface area contributed by atoms with Crippen molar-refractivity contribution in [2.24, 2.45) is 4.99 Å². The number of nitrogens with one attached hydrogen (secondary N) is 1. The summed E-state index contributed by atoms with van der Waals surface area (Å²) in [5.41, 5.74) is 3.68. The fraction of sp³-hybridized carbons (Fsp3) is 0.524. The number of nitrogens with zero attached hydrogens (tertiary/aromatic N) is 4. The molecular formula is C21H31N5OS. The second kappa shape index (κ2) is 10.0. The van der Waals surface area contributed by atoms with Crippen molar-refractivity contribution in [1.82, 2.24) is 20.1 Å². The number of rotatable bonds is 6. The van der Waals surface area contributed by atoms with Crippen LogP contribution in [0.3, 0.4) is 0 Å². The standard InChI is InChI=1S/C21H31N5OS/c1-16-12-26(8-9-27-16)13-19-7-5-6-18(10-19)11-23-21(22-3)25(4)14-20-15-28-17(2)24-20/h5-7,10,15-16H,8-9,11-14H2,1-4H3,(H,22,23). The highest BCUT2D eigenvalue weighted by Gasteiger charge is 2.16. The van der Waals surface area contributed by atoms with Gasteiger partial charge in [-0.2, -0.15) is 0 Å². The molecule has 2 aromatic rings. The van der Waals surface area contributed by atoms with E-state index in [1.807, 2.05) is 21.0 Å². The van der Waals surface area contributed by atoms with E-state index in [9.17, 15) is 0 Å². The van der Waals surface area contributed by atoms with Crippen LogP contribution in [0.25, 0.3) is 0 Å². The molecule has 6 nitrogen and oxygen atoms in total. The Bertz CT molecular complexity index is 791. The normalized spacial score (nSPS) is 18.3. The third kappa shape index (κ3) is 6.02. The summed E-state index contributed by atoms with van der Waals surface area (Å²) in [4.78, 5) is 13.5. The van der Waals surface area contributed by atoms with Gasteiger partial charge in [-0.1, -0.05) is 24.3 Å². The SMILES string of the molecule is CN=C(NCc1cccc(CN2CCOC(C)C2)c1)N(C)Cc1csc(C)n1. The number of benzene rings is 1. The van der Waals surface area contributed by atoms with Gasteiger partial charge >= 0.3 is 0 Å². The van der Waals surface area contributed by atoms with E-state index in [1.54, 1.807) is 11.3 Å². The molecule has 0 spiro atoms. The highest BCUT2D eigenvalue weighted by Crippen LogP contribution is 2.13. The molecule has 0 radical (unpaired) electrons. The number of aliphatic imine (C=N–C) groups is 1. The molecule has 28 heavy (non-hydrogen) atoms. The van der Waals surface area contributed by atoms with Crippen molar-refractivity contribution in [1.29, 1.82) is 0 Å². The average Bonchev–Trinajstić information content (AvgIpc) is 3.07. The molecule has 1 aromatic heterocycles. The monoisotopic (exact) mass is 401 g/mol. The summed E-state index contributed by atoms with van der Waals surface area (Å²) in [6, 6.07) is 8.79. The number of aromatic nitrogens is 1. The second-order valence-electron chi connectivity index (χ2n) is 7.35. The summed E-state index contributed by atoms with van der Waals surface area (Å²) in [6.07, 6.45) is 0.318. The zero-order chi connectivity index (χ0) is 19.9. The predicted molar refractivity (Wildman–Crippen MR) is 116 cm³/mol. The molecule has 152 valence electrons. The van der Waals surface area contributed by atoms with E-state index in [0.29, 0.717) is 6.10 Å². The van der Waals surface area contributed by atoms with Gasteiger partial charge < -0.3 is 15.0 Å². The second-order valence-corrected chi connectivity index (χ2v) is 8.41. The predicted octanol–water partition coefficient (Wildman–Crippen LogP) is 2.88. The first kappa shape index (κ1) is 20.8. The lowest BCUT2D eigenvalue weighted by Crippen LogP contribution is -2.40. The van der Waals surface area contributed by atoms with E-state index in [2.05, 4.69) is 61.7 Å². The Morgan fingerprint density at radius 1 is 1.43 bits per heavy atom. The molecule has 1 unspecified atom stereocenters. The van der Waals surface area contributed by atoms with Gasteiger partial charge in [-0.15, -0.1) is 11.3 Å². The van der Waals surface area contributed by atoms with Gasteiger partial charge in [-0.25, -0.2) is 4.98 Å². The Hall–Kier alpha value is -1.96. The van der Waals surface area contributed by atoms with Crippen molar-refractivity contribution in [3.63, 3.8) is 0 Å². The first-order valence-corrected chi connectivity index (χ1v) is 10.7. The van der Waals surface area contributed by atoms with Gasteiger partial charge in [0.25, 0.3) is 0 Å². The quantitative estimate of drug-likeness (QED) is 0.596. The Labute approximate surface area is 172 Å². The highest BCUT2D eigenvalue weighted by molar-refractivity contribution is 7.09. The Morgan fingerprint density at radius 2 is 2.25 bits per heavy atom. The van der Waals surface area contributed by atoms with E-state index in [-0.39, 0.29) is 0 Å². The van der Waals surface area contributed by atoms with E-state index in [0.717, 1.165) is 56.0 Å². The minimum absolute atomic E-state index is 0.318. The van der Waals surface area contributed by atoms with Gasteiger partial charge in [-0.05, 0) is 25.0 Å². The fourth-order valence-corrected chi connectivity index (χ4v) is 4.10.